The Bertz CT molecular complexity index is 1670. The second kappa shape index (κ2) is 12.2. The zero-order valence-electron chi connectivity index (χ0n) is 23.6. The number of benzene rings is 1. The number of nitrogens with zero attached hydrogens (tertiary/aromatic N) is 8. The Morgan fingerprint density at radius 2 is 1.53 bits per heavy atom. The predicted molar refractivity (Wildman–Crippen MR) is 154 cm³/mol. The van der Waals surface area contributed by atoms with E-state index < -0.39 is 29.8 Å². The Kier molecular flexibility index (Phi) is 8.36. The van der Waals surface area contributed by atoms with Crippen molar-refractivity contribution in [1.29, 1.82) is 5.26 Å². The summed E-state index contributed by atoms with van der Waals surface area (Å²) in [6, 6.07) is 14.4. The number of piperazine rings is 1. The molecule has 0 amide bonds. The van der Waals surface area contributed by atoms with Crippen LogP contribution in [0.1, 0.15) is 52.3 Å². The lowest BCUT2D eigenvalue weighted by atomic mass is 10.0. The lowest BCUT2D eigenvalue weighted by Gasteiger charge is -2.38. The molecule has 0 bridgehead atoms. The second-order valence-corrected chi connectivity index (χ2v) is 11.8. The van der Waals surface area contributed by atoms with Crippen LogP contribution in [0.3, 0.4) is 0 Å². The summed E-state index contributed by atoms with van der Waals surface area (Å²) in [6.07, 6.45) is -5.66. The Labute approximate surface area is 258 Å². The van der Waals surface area contributed by atoms with E-state index >= 15 is 0 Å². The molecule has 2 aliphatic heterocycles. The van der Waals surface area contributed by atoms with Crippen LogP contribution in [-0.2, 0) is 18.9 Å². The van der Waals surface area contributed by atoms with Crippen LogP contribution >= 0.6 is 11.3 Å². The van der Waals surface area contributed by atoms with Crippen molar-refractivity contribution in [2.24, 2.45) is 0 Å². The van der Waals surface area contributed by atoms with E-state index in [4.69, 9.17) is 0 Å². The molecule has 3 aromatic heterocycles. The van der Waals surface area contributed by atoms with Gasteiger partial charge in [-0.05, 0) is 47.5 Å². The van der Waals surface area contributed by atoms with Gasteiger partial charge in [-0.1, -0.05) is 30.3 Å². The largest absolute Gasteiger partial charge is 0.433 e. The average Bonchev–Trinajstić information content (AvgIpc) is 3.71. The standard InChI is InChI=1S/C30H26F6N8S/c31-29(32,33)25-8-10-38-27(40-25)43-13-12-42(21(16-37)18-43)17-19-3-1-4-20(15-19)22-6-7-23(24-5-2-14-45-24)44(22)28-39-11-9-26(41-28)30(34,35)36/h1-5,8-11,14-15,21-23H,6-7,12-13,17-18H2. The van der Waals surface area contributed by atoms with Gasteiger partial charge in [0, 0.05) is 43.4 Å². The van der Waals surface area contributed by atoms with Gasteiger partial charge in [0.25, 0.3) is 0 Å². The molecule has 6 rings (SSSR count). The molecular weight excluding hydrogens is 618 g/mol. The summed E-state index contributed by atoms with van der Waals surface area (Å²) in [6.45, 7) is 1.23. The molecule has 45 heavy (non-hydrogen) atoms. The first-order valence-electron chi connectivity index (χ1n) is 14.1. The highest BCUT2D eigenvalue weighted by atomic mass is 32.1. The van der Waals surface area contributed by atoms with Crippen LogP contribution < -0.4 is 9.80 Å². The maximum absolute atomic E-state index is 13.6. The lowest BCUT2D eigenvalue weighted by Crippen LogP contribution is -2.52. The fourth-order valence-corrected chi connectivity index (χ4v) is 6.77. The molecule has 0 saturated carbocycles. The Morgan fingerprint density at radius 1 is 0.844 bits per heavy atom. The molecule has 234 valence electrons. The van der Waals surface area contributed by atoms with Crippen molar-refractivity contribution >= 4 is 23.2 Å². The van der Waals surface area contributed by atoms with E-state index in [2.05, 4.69) is 26.0 Å². The van der Waals surface area contributed by atoms with E-state index in [1.165, 1.54) is 11.3 Å². The molecule has 4 aromatic rings. The molecule has 15 heteroatoms. The topological polar surface area (TPSA) is 85.1 Å². The van der Waals surface area contributed by atoms with Crippen molar-refractivity contribution in [1.82, 2.24) is 24.8 Å². The monoisotopic (exact) mass is 644 g/mol. The van der Waals surface area contributed by atoms with Crippen molar-refractivity contribution in [3.8, 4) is 6.07 Å². The summed E-state index contributed by atoms with van der Waals surface area (Å²) < 4.78 is 80.3. The van der Waals surface area contributed by atoms with Gasteiger partial charge in [-0.25, -0.2) is 19.9 Å². The first kappa shape index (κ1) is 30.7. The van der Waals surface area contributed by atoms with E-state index in [0.29, 0.717) is 32.5 Å². The van der Waals surface area contributed by atoms with E-state index in [1.807, 2.05) is 51.6 Å². The van der Waals surface area contributed by atoms with Crippen LogP contribution in [-0.4, -0.2) is 50.5 Å². The predicted octanol–water partition coefficient (Wildman–Crippen LogP) is 6.66. The van der Waals surface area contributed by atoms with Crippen molar-refractivity contribution < 1.29 is 26.3 Å². The van der Waals surface area contributed by atoms with Crippen LogP contribution in [0.15, 0.2) is 66.3 Å². The van der Waals surface area contributed by atoms with Gasteiger partial charge >= 0.3 is 12.4 Å². The number of anilines is 2. The molecule has 2 aliphatic rings. The minimum Gasteiger partial charge on any atom is -0.337 e. The van der Waals surface area contributed by atoms with Gasteiger partial charge < -0.3 is 9.80 Å². The SMILES string of the molecule is N#CC1CN(c2nccc(C(F)(F)F)n2)CCN1Cc1cccc(C2CCC(c3cccs3)N2c2nccc(C(F)(F)F)n2)c1. The molecule has 0 spiro atoms. The maximum Gasteiger partial charge on any atom is 0.433 e. The number of hydrogen-bond donors (Lipinski definition) is 0. The fourth-order valence-electron chi connectivity index (χ4n) is 5.91. The number of hydrogen-bond acceptors (Lipinski definition) is 9. The summed E-state index contributed by atoms with van der Waals surface area (Å²) in [5.41, 5.74) is -0.273. The molecule has 8 nitrogen and oxygen atoms in total. The van der Waals surface area contributed by atoms with Gasteiger partial charge in [0.05, 0.1) is 18.2 Å². The van der Waals surface area contributed by atoms with E-state index in [1.54, 1.807) is 4.90 Å². The zero-order chi connectivity index (χ0) is 31.8. The first-order chi connectivity index (χ1) is 21.5. The van der Waals surface area contributed by atoms with Crippen molar-refractivity contribution in [2.45, 2.75) is 49.9 Å². The van der Waals surface area contributed by atoms with E-state index in [9.17, 15) is 31.6 Å². The third-order valence-corrected chi connectivity index (χ3v) is 8.97. The highest BCUT2D eigenvalue weighted by Gasteiger charge is 2.40. The molecule has 2 fully saturated rings. The molecule has 5 heterocycles. The first-order valence-corrected chi connectivity index (χ1v) is 15.0. The number of halogens is 6. The highest BCUT2D eigenvalue weighted by molar-refractivity contribution is 7.10. The Balaban J connectivity index is 1.23. The van der Waals surface area contributed by atoms with Crippen LogP contribution in [0.2, 0.25) is 0 Å². The molecule has 2 saturated heterocycles. The van der Waals surface area contributed by atoms with Crippen LogP contribution in [0.5, 0.6) is 0 Å². The van der Waals surface area contributed by atoms with Gasteiger partial charge in [0.1, 0.15) is 17.4 Å². The van der Waals surface area contributed by atoms with Gasteiger partial charge in [-0.3, -0.25) is 4.90 Å². The van der Waals surface area contributed by atoms with E-state index in [-0.39, 0.29) is 30.5 Å². The minimum atomic E-state index is -4.61. The molecule has 0 N–H and O–H groups in total. The quantitative estimate of drug-likeness (QED) is 0.216. The number of rotatable bonds is 6. The normalized spacial score (nSPS) is 21.2. The zero-order valence-corrected chi connectivity index (χ0v) is 24.4. The number of alkyl halides is 6. The Morgan fingerprint density at radius 3 is 2.20 bits per heavy atom. The summed E-state index contributed by atoms with van der Waals surface area (Å²) in [5.74, 6) is -0.0706. The van der Waals surface area contributed by atoms with Crippen LogP contribution in [0.4, 0.5) is 38.2 Å². The lowest BCUT2D eigenvalue weighted by molar-refractivity contribution is -0.142. The van der Waals surface area contributed by atoms with E-state index in [0.717, 1.165) is 40.5 Å². The fraction of sp³-hybridized carbons (Fsp3) is 0.367. The molecule has 3 unspecified atom stereocenters. The molecule has 0 radical (unpaired) electrons. The molecular formula is C30H26F6N8S. The van der Waals surface area contributed by atoms with Crippen LogP contribution in [0, 0.1) is 11.3 Å². The summed E-state index contributed by atoms with van der Waals surface area (Å²) >= 11 is 1.53. The van der Waals surface area contributed by atoms with Gasteiger partial charge in [0.2, 0.25) is 11.9 Å². The van der Waals surface area contributed by atoms with Crippen molar-refractivity contribution in [3.05, 3.63) is 93.7 Å². The third kappa shape index (κ3) is 6.57. The number of thiophene rings is 1. The third-order valence-electron chi connectivity index (χ3n) is 8.00. The molecule has 0 aliphatic carbocycles. The number of nitriles is 1. The number of aromatic nitrogens is 4. The smallest absolute Gasteiger partial charge is 0.337 e. The highest BCUT2D eigenvalue weighted by Crippen LogP contribution is 2.47. The summed E-state index contributed by atoms with van der Waals surface area (Å²) in [5, 5.41) is 11.9. The average molecular weight is 645 g/mol. The van der Waals surface area contributed by atoms with Gasteiger partial charge in [-0.15, -0.1) is 11.3 Å². The molecule has 3 atom stereocenters. The van der Waals surface area contributed by atoms with Crippen molar-refractivity contribution in [2.75, 3.05) is 29.4 Å². The summed E-state index contributed by atoms with van der Waals surface area (Å²) in [4.78, 5) is 22.2. The minimum absolute atomic E-state index is 0.00797. The Hall–Kier alpha value is -4.29. The van der Waals surface area contributed by atoms with Gasteiger partial charge in [0.15, 0.2) is 0 Å². The van der Waals surface area contributed by atoms with Crippen molar-refractivity contribution in [3.63, 3.8) is 0 Å². The van der Waals surface area contributed by atoms with Gasteiger partial charge in [-0.2, -0.15) is 31.6 Å². The van der Waals surface area contributed by atoms with Crippen LogP contribution in [0.25, 0.3) is 0 Å². The molecule has 1 aromatic carbocycles. The second-order valence-electron chi connectivity index (χ2n) is 10.8. The summed E-state index contributed by atoms with van der Waals surface area (Å²) in [7, 11) is 0. The maximum atomic E-state index is 13.6.